The highest BCUT2D eigenvalue weighted by Gasteiger charge is 2.11. The summed E-state index contributed by atoms with van der Waals surface area (Å²) in [5, 5.41) is 4.19. The molecule has 0 unspecified atom stereocenters. The van der Waals surface area contributed by atoms with Crippen molar-refractivity contribution >= 4 is 16.8 Å². The lowest BCUT2D eigenvalue weighted by molar-refractivity contribution is 0.0996. The number of amides is 1. The minimum atomic E-state index is -2.42. The molecule has 0 aliphatic carbocycles. The summed E-state index contributed by atoms with van der Waals surface area (Å²) >= 11 is 0. The minimum Gasteiger partial charge on any atom is -0.364 e. The molecule has 4 nitrogen and oxygen atoms in total. The van der Waals surface area contributed by atoms with E-state index in [9.17, 15) is 4.79 Å². The Morgan fingerprint density at radius 1 is 1.62 bits per heavy atom. The Bertz CT molecular complexity index is 559. The molecule has 2 N–H and O–H groups in total. The summed E-state index contributed by atoms with van der Waals surface area (Å²) < 4.78 is 22.7. The number of primary amides is 1. The number of benzene rings is 1. The molecule has 0 radical (unpaired) electrons. The van der Waals surface area contributed by atoms with E-state index in [0.29, 0.717) is 10.9 Å². The van der Waals surface area contributed by atoms with Gasteiger partial charge in [0.1, 0.15) is 0 Å². The summed E-state index contributed by atoms with van der Waals surface area (Å²) in [4.78, 5) is 11.1. The van der Waals surface area contributed by atoms with Crippen LogP contribution >= 0.6 is 0 Å². The molecule has 0 aliphatic rings. The zero-order chi connectivity index (χ0) is 11.9. The fourth-order valence-electron chi connectivity index (χ4n) is 1.25. The highest BCUT2D eigenvalue weighted by Crippen LogP contribution is 2.16. The van der Waals surface area contributed by atoms with E-state index in [4.69, 9.17) is 9.85 Å². The fraction of sp³-hybridized carbons (Fsp3) is 0.111. The molecule has 0 aliphatic heterocycles. The zero-order valence-electron chi connectivity index (χ0n) is 9.69. The van der Waals surface area contributed by atoms with Gasteiger partial charge in [-0.1, -0.05) is 18.2 Å². The third-order valence-corrected chi connectivity index (χ3v) is 1.82. The number of aromatic nitrogens is 2. The van der Waals surface area contributed by atoms with Gasteiger partial charge in [0.15, 0.2) is 5.69 Å². The summed E-state index contributed by atoms with van der Waals surface area (Å²) in [6.45, 7) is -2.42. The van der Waals surface area contributed by atoms with E-state index < -0.39 is 12.9 Å². The number of nitrogens with zero attached hydrogens (tertiary/aromatic N) is 2. The molecule has 2 rings (SSSR count). The van der Waals surface area contributed by atoms with Gasteiger partial charge < -0.3 is 5.73 Å². The molecule has 0 atom stereocenters. The van der Waals surface area contributed by atoms with Crippen LogP contribution < -0.4 is 5.73 Å². The van der Waals surface area contributed by atoms with Crippen molar-refractivity contribution in [3.05, 3.63) is 30.0 Å². The average molecular weight is 178 g/mol. The lowest BCUT2D eigenvalue weighted by Crippen LogP contribution is -2.12. The molecular weight excluding hydrogens is 166 g/mol. The van der Waals surface area contributed by atoms with Crippen LogP contribution in [0.15, 0.2) is 24.3 Å². The standard InChI is InChI=1S/C9H9N3O/c1-12-7-5-3-2-4-6(7)8(11-12)9(10)13/h2-5H,1H3,(H2,10,13)/i1D3. The van der Waals surface area contributed by atoms with E-state index in [2.05, 4.69) is 5.10 Å². The van der Waals surface area contributed by atoms with Gasteiger partial charge in [-0.05, 0) is 6.07 Å². The van der Waals surface area contributed by atoms with Gasteiger partial charge in [-0.2, -0.15) is 5.10 Å². The predicted molar refractivity (Wildman–Crippen MR) is 49.2 cm³/mol. The normalized spacial score (nSPS) is 14.9. The molecule has 2 aromatic rings. The number of aryl methyl sites for hydroxylation is 1. The highest BCUT2D eigenvalue weighted by atomic mass is 16.1. The van der Waals surface area contributed by atoms with Crippen molar-refractivity contribution in [1.29, 1.82) is 0 Å². The lowest BCUT2D eigenvalue weighted by atomic mass is 10.2. The van der Waals surface area contributed by atoms with Crippen LogP contribution in [0.2, 0.25) is 0 Å². The van der Waals surface area contributed by atoms with Gasteiger partial charge in [-0.15, -0.1) is 0 Å². The Labute approximate surface area is 79.2 Å². The van der Waals surface area contributed by atoms with Crippen LogP contribution in [0.1, 0.15) is 14.6 Å². The SMILES string of the molecule is [2H]C([2H])([2H])n1nc(C(N)=O)c2ccccc21. The quantitative estimate of drug-likeness (QED) is 0.697. The van der Waals surface area contributed by atoms with Crippen LogP contribution in [0.25, 0.3) is 10.9 Å². The van der Waals surface area contributed by atoms with Crippen molar-refractivity contribution in [1.82, 2.24) is 9.78 Å². The molecule has 1 heterocycles. The third kappa shape index (κ3) is 1.07. The number of carbonyl (C=O) groups excluding carboxylic acids is 1. The zero-order valence-corrected chi connectivity index (χ0v) is 6.69. The van der Waals surface area contributed by atoms with Crippen LogP contribution in [-0.2, 0) is 6.98 Å². The van der Waals surface area contributed by atoms with Gasteiger partial charge in [0.05, 0.1) is 5.52 Å². The summed E-state index contributed by atoms with van der Waals surface area (Å²) in [7, 11) is 0. The van der Waals surface area contributed by atoms with E-state index in [0.717, 1.165) is 4.68 Å². The molecule has 0 fully saturated rings. The molecular formula is C9H9N3O. The monoisotopic (exact) mass is 178 g/mol. The highest BCUT2D eigenvalue weighted by molar-refractivity contribution is 6.03. The number of fused-ring (bicyclic) bond motifs is 1. The van der Waals surface area contributed by atoms with E-state index in [-0.39, 0.29) is 5.69 Å². The van der Waals surface area contributed by atoms with Crippen LogP contribution in [0.4, 0.5) is 0 Å². The van der Waals surface area contributed by atoms with Gasteiger partial charge in [0, 0.05) is 16.5 Å². The van der Waals surface area contributed by atoms with Gasteiger partial charge in [0.2, 0.25) is 0 Å². The van der Waals surface area contributed by atoms with Crippen molar-refractivity contribution in [2.75, 3.05) is 0 Å². The Balaban J connectivity index is 2.82. The molecule has 1 aromatic heterocycles. The lowest BCUT2D eigenvalue weighted by Gasteiger charge is -1.90. The van der Waals surface area contributed by atoms with Crippen LogP contribution in [0.5, 0.6) is 0 Å². The summed E-state index contributed by atoms with van der Waals surface area (Å²) in [6, 6.07) is 6.57. The van der Waals surface area contributed by atoms with Crippen molar-refractivity contribution in [2.24, 2.45) is 12.7 Å². The molecule has 0 spiro atoms. The number of hydrogen-bond donors (Lipinski definition) is 1. The van der Waals surface area contributed by atoms with Crippen molar-refractivity contribution in [2.45, 2.75) is 0 Å². The summed E-state index contributed by atoms with van der Waals surface area (Å²) in [5.74, 6) is -0.737. The Hall–Kier alpha value is -1.84. The van der Waals surface area contributed by atoms with Gasteiger partial charge >= 0.3 is 0 Å². The summed E-state index contributed by atoms with van der Waals surface area (Å²) in [5.41, 5.74) is 5.49. The summed E-state index contributed by atoms with van der Waals surface area (Å²) in [6.07, 6.45) is 0. The maximum Gasteiger partial charge on any atom is 0.269 e. The molecule has 0 bridgehead atoms. The van der Waals surface area contributed by atoms with Crippen LogP contribution in [-0.4, -0.2) is 15.7 Å². The maximum absolute atomic E-state index is 11.1. The number of rotatable bonds is 1. The van der Waals surface area contributed by atoms with Crippen molar-refractivity contribution in [3.63, 3.8) is 0 Å². The van der Waals surface area contributed by atoms with E-state index in [1.807, 2.05) is 0 Å². The van der Waals surface area contributed by atoms with Gasteiger partial charge in [-0.25, -0.2) is 0 Å². The molecule has 0 saturated heterocycles. The number of hydrogen-bond acceptors (Lipinski definition) is 2. The number of para-hydroxylation sites is 1. The second-order valence-electron chi connectivity index (χ2n) is 2.64. The number of nitrogens with two attached hydrogens (primary N) is 1. The molecule has 4 heteroatoms. The molecule has 1 amide bonds. The molecule has 0 saturated carbocycles. The predicted octanol–water partition coefficient (Wildman–Crippen LogP) is 0.672. The second kappa shape index (κ2) is 2.58. The Morgan fingerprint density at radius 2 is 2.38 bits per heavy atom. The van der Waals surface area contributed by atoms with E-state index in [1.54, 1.807) is 24.3 Å². The average Bonchev–Trinajstić information content (AvgIpc) is 2.56. The van der Waals surface area contributed by atoms with Gasteiger partial charge in [0.25, 0.3) is 5.91 Å². The smallest absolute Gasteiger partial charge is 0.269 e. The minimum absolute atomic E-state index is 0.0216. The number of carbonyl (C=O) groups is 1. The first kappa shape index (κ1) is 5.01. The first-order valence-electron chi connectivity index (χ1n) is 5.19. The van der Waals surface area contributed by atoms with Gasteiger partial charge in [-0.3, -0.25) is 9.48 Å². The molecule has 13 heavy (non-hydrogen) atoms. The Kier molecular flexibility index (Phi) is 0.997. The van der Waals surface area contributed by atoms with Crippen molar-refractivity contribution in [3.8, 4) is 0 Å². The maximum atomic E-state index is 11.1. The molecule has 66 valence electrons. The first-order chi connectivity index (χ1) is 7.41. The largest absolute Gasteiger partial charge is 0.364 e. The molecule has 1 aromatic carbocycles. The second-order valence-corrected chi connectivity index (χ2v) is 2.64. The van der Waals surface area contributed by atoms with Crippen LogP contribution in [0, 0.1) is 0 Å². The van der Waals surface area contributed by atoms with E-state index in [1.165, 1.54) is 0 Å². The first-order valence-corrected chi connectivity index (χ1v) is 3.69. The van der Waals surface area contributed by atoms with Crippen molar-refractivity contribution < 1.29 is 8.91 Å². The Morgan fingerprint density at radius 3 is 3.08 bits per heavy atom. The fourth-order valence-corrected chi connectivity index (χ4v) is 1.25. The van der Waals surface area contributed by atoms with E-state index >= 15 is 0 Å². The topological polar surface area (TPSA) is 60.9 Å². The van der Waals surface area contributed by atoms with Crippen LogP contribution in [0.3, 0.4) is 0 Å². The third-order valence-electron chi connectivity index (χ3n) is 1.82.